The summed E-state index contributed by atoms with van der Waals surface area (Å²) in [6, 6.07) is 4.52. The molecule has 1 aromatic rings. The molecule has 1 saturated carbocycles. The van der Waals surface area contributed by atoms with Crippen molar-refractivity contribution in [3.63, 3.8) is 0 Å². The lowest BCUT2D eigenvalue weighted by Crippen LogP contribution is -2.24. The summed E-state index contributed by atoms with van der Waals surface area (Å²) in [5, 5.41) is 2.91. The second-order valence-corrected chi connectivity index (χ2v) is 4.68. The number of hydrogen-bond acceptors (Lipinski definition) is 1. The van der Waals surface area contributed by atoms with Crippen LogP contribution in [0.2, 0.25) is 0 Å². The van der Waals surface area contributed by atoms with Crippen molar-refractivity contribution in [1.82, 2.24) is 0 Å². The molecule has 0 atom stereocenters. The topological polar surface area (TPSA) is 12.0 Å². The molecule has 0 unspecified atom stereocenters. The van der Waals surface area contributed by atoms with Gasteiger partial charge in [0.05, 0.1) is 11.3 Å². The van der Waals surface area contributed by atoms with Crippen LogP contribution in [0.1, 0.15) is 30.4 Å². The molecule has 1 aromatic carbocycles. The molecule has 2 aliphatic rings. The fourth-order valence-corrected chi connectivity index (χ4v) is 2.65. The normalized spacial score (nSPS) is 21.4. The number of alkyl halides is 3. The van der Waals surface area contributed by atoms with Gasteiger partial charge in [0, 0.05) is 6.54 Å². The molecule has 1 fully saturated rings. The number of benzene rings is 1. The molecule has 1 nitrogen and oxygen atoms in total. The zero-order valence-electron chi connectivity index (χ0n) is 8.69. The fraction of sp³-hybridized carbons (Fsp3) is 0.500. The first-order valence-electron chi connectivity index (χ1n) is 5.48. The highest BCUT2D eigenvalue weighted by Gasteiger charge is 2.48. The van der Waals surface area contributed by atoms with Crippen LogP contribution in [0, 0.1) is 0 Å². The van der Waals surface area contributed by atoms with Crippen LogP contribution in [-0.2, 0) is 11.6 Å². The Kier molecular flexibility index (Phi) is 1.83. The molecule has 4 heteroatoms. The van der Waals surface area contributed by atoms with Gasteiger partial charge < -0.3 is 5.32 Å². The van der Waals surface area contributed by atoms with Crippen LogP contribution >= 0.6 is 0 Å². The lowest BCUT2D eigenvalue weighted by molar-refractivity contribution is -0.137. The van der Waals surface area contributed by atoms with Crippen LogP contribution < -0.4 is 5.32 Å². The maximum absolute atomic E-state index is 12.8. The number of hydrogen-bond donors (Lipinski definition) is 1. The molecule has 0 radical (unpaired) electrons. The van der Waals surface area contributed by atoms with Gasteiger partial charge in [-0.1, -0.05) is 12.1 Å². The number of fused-ring (bicyclic) bond motifs is 2. The summed E-state index contributed by atoms with van der Waals surface area (Å²) in [5.41, 5.74) is 0.727. The van der Waals surface area contributed by atoms with Crippen LogP contribution in [0.25, 0.3) is 0 Å². The smallest absolute Gasteiger partial charge is 0.384 e. The second-order valence-electron chi connectivity index (χ2n) is 4.68. The van der Waals surface area contributed by atoms with Gasteiger partial charge in [-0.25, -0.2) is 0 Å². The van der Waals surface area contributed by atoms with Crippen molar-refractivity contribution in [3.05, 3.63) is 29.3 Å². The monoisotopic (exact) mass is 227 g/mol. The summed E-state index contributed by atoms with van der Waals surface area (Å²) < 4.78 is 38.4. The number of para-hydroxylation sites is 1. The van der Waals surface area contributed by atoms with E-state index in [0.29, 0.717) is 12.2 Å². The van der Waals surface area contributed by atoms with Crippen molar-refractivity contribution in [1.29, 1.82) is 0 Å². The van der Waals surface area contributed by atoms with Crippen LogP contribution in [0.15, 0.2) is 18.2 Å². The Labute approximate surface area is 91.7 Å². The van der Waals surface area contributed by atoms with Gasteiger partial charge in [-0.2, -0.15) is 13.2 Å². The van der Waals surface area contributed by atoms with Crippen molar-refractivity contribution in [2.24, 2.45) is 0 Å². The predicted octanol–water partition coefficient (Wildman–Crippen LogP) is 3.55. The summed E-state index contributed by atoms with van der Waals surface area (Å²) in [6.07, 6.45) is -1.24. The highest BCUT2D eigenvalue weighted by atomic mass is 19.4. The average molecular weight is 227 g/mol. The molecule has 1 N–H and O–H groups in total. The summed E-state index contributed by atoms with van der Waals surface area (Å²) in [6.45, 7) is 0.653. The maximum Gasteiger partial charge on any atom is 0.418 e. The third-order valence-electron chi connectivity index (χ3n) is 3.70. The number of rotatable bonds is 0. The van der Waals surface area contributed by atoms with E-state index in [4.69, 9.17) is 0 Å². The van der Waals surface area contributed by atoms with Crippen molar-refractivity contribution in [2.75, 3.05) is 11.9 Å². The van der Waals surface area contributed by atoms with E-state index in [9.17, 15) is 13.2 Å². The standard InChI is InChI=1S/C12H12F3N/c13-12(14,15)9-3-1-2-8-10(9)16-7-6-11(8)4-5-11/h1-3,16H,4-7H2. The minimum atomic E-state index is -4.26. The van der Waals surface area contributed by atoms with Crippen molar-refractivity contribution in [2.45, 2.75) is 30.9 Å². The Morgan fingerprint density at radius 3 is 2.50 bits per heavy atom. The Morgan fingerprint density at radius 1 is 1.12 bits per heavy atom. The average Bonchev–Trinajstić information content (AvgIpc) is 2.97. The third kappa shape index (κ3) is 1.32. The number of anilines is 1. The minimum absolute atomic E-state index is 0.0574. The second kappa shape index (κ2) is 2.93. The van der Waals surface area contributed by atoms with Crippen LogP contribution in [-0.4, -0.2) is 6.54 Å². The van der Waals surface area contributed by atoms with E-state index in [0.717, 1.165) is 30.9 Å². The molecule has 0 saturated heterocycles. The zero-order valence-corrected chi connectivity index (χ0v) is 8.69. The summed E-state index contributed by atoms with van der Waals surface area (Å²) >= 11 is 0. The van der Waals surface area contributed by atoms with Crippen molar-refractivity contribution in [3.8, 4) is 0 Å². The predicted molar refractivity (Wildman–Crippen MR) is 55.5 cm³/mol. The molecule has 3 rings (SSSR count). The molecule has 1 heterocycles. The molecule has 1 spiro atoms. The highest BCUT2D eigenvalue weighted by Crippen LogP contribution is 2.56. The highest BCUT2D eigenvalue weighted by molar-refractivity contribution is 5.64. The Hall–Kier alpha value is -1.19. The largest absolute Gasteiger partial charge is 0.418 e. The molecule has 0 amide bonds. The lowest BCUT2D eigenvalue weighted by atomic mass is 9.86. The Morgan fingerprint density at radius 2 is 1.88 bits per heavy atom. The van der Waals surface area contributed by atoms with E-state index in [1.54, 1.807) is 0 Å². The molecule has 0 bridgehead atoms. The van der Waals surface area contributed by atoms with Crippen LogP contribution in [0.4, 0.5) is 18.9 Å². The zero-order chi connectivity index (χ0) is 11.4. The Balaban J connectivity index is 2.16. The quantitative estimate of drug-likeness (QED) is 0.714. The molecule has 86 valence electrons. The lowest BCUT2D eigenvalue weighted by Gasteiger charge is -2.29. The van der Waals surface area contributed by atoms with E-state index in [1.165, 1.54) is 6.07 Å². The van der Waals surface area contributed by atoms with E-state index in [-0.39, 0.29) is 5.41 Å². The summed E-state index contributed by atoms with van der Waals surface area (Å²) in [7, 11) is 0. The molecule has 1 aliphatic carbocycles. The summed E-state index contributed by atoms with van der Waals surface area (Å²) in [4.78, 5) is 0. The fourth-order valence-electron chi connectivity index (χ4n) is 2.65. The van der Waals surface area contributed by atoms with Crippen molar-refractivity contribution < 1.29 is 13.2 Å². The maximum atomic E-state index is 12.8. The Bertz CT molecular complexity index is 418. The summed E-state index contributed by atoms with van der Waals surface area (Å²) in [5.74, 6) is 0. The number of halogens is 3. The minimum Gasteiger partial charge on any atom is -0.384 e. The van der Waals surface area contributed by atoms with Crippen LogP contribution in [0.5, 0.6) is 0 Å². The van der Waals surface area contributed by atoms with Crippen LogP contribution in [0.3, 0.4) is 0 Å². The van der Waals surface area contributed by atoms with Gasteiger partial charge in [0.2, 0.25) is 0 Å². The molecular weight excluding hydrogens is 215 g/mol. The van der Waals surface area contributed by atoms with Gasteiger partial charge in [0.1, 0.15) is 0 Å². The first-order chi connectivity index (χ1) is 7.53. The molecule has 16 heavy (non-hydrogen) atoms. The van der Waals surface area contributed by atoms with E-state index < -0.39 is 11.7 Å². The van der Waals surface area contributed by atoms with Gasteiger partial charge in [0.15, 0.2) is 0 Å². The van der Waals surface area contributed by atoms with E-state index >= 15 is 0 Å². The van der Waals surface area contributed by atoms with Gasteiger partial charge in [0.25, 0.3) is 0 Å². The van der Waals surface area contributed by atoms with Gasteiger partial charge in [-0.15, -0.1) is 0 Å². The SMILES string of the molecule is FC(F)(F)c1cccc2c1NCCC21CC1. The van der Waals surface area contributed by atoms with Gasteiger partial charge in [-0.3, -0.25) is 0 Å². The van der Waals surface area contributed by atoms with Gasteiger partial charge >= 0.3 is 6.18 Å². The molecular formula is C12H12F3N. The van der Waals surface area contributed by atoms with E-state index in [1.807, 2.05) is 6.07 Å². The van der Waals surface area contributed by atoms with E-state index in [2.05, 4.69) is 5.32 Å². The molecule has 1 aliphatic heterocycles. The first kappa shape index (κ1) is 10.00. The molecule has 0 aromatic heterocycles. The van der Waals surface area contributed by atoms with Crippen molar-refractivity contribution >= 4 is 5.69 Å². The third-order valence-corrected chi connectivity index (χ3v) is 3.70. The van der Waals surface area contributed by atoms with Gasteiger partial charge in [-0.05, 0) is 36.3 Å². The first-order valence-corrected chi connectivity index (χ1v) is 5.48. The number of nitrogens with one attached hydrogen (secondary N) is 1.